The van der Waals surface area contributed by atoms with E-state index in [2.05, 4.69) is 9.97 Å². The van der Waals surface area contributed by atoms with Gasteiger partial charge in [0.25, 0.3) is 0 Å². The van der Waals surface area contributed by atoms with E-state index >= 15 is 0 Å². The Morgan fingerprint density at radius 1 is 1.90 bits per heavy atom. The van der Waals surface area contributed by atoms with Crippen molar-refractivity contribution in [3.63, 3.8) is 0 Å². The third-order valence-electron chi connectivity index (χ3n) is 0.994. The van der Waals surface area contributed by atoms with Gasteiger partial charge in [0.15, 0.2) is 0 Å². The lowest BCUT2D eigenvalue weighted by molar-refractivity contribution is 0.337. The van der Waals surface area contributed by atoms with Crippen LogP contribution >= 0.6 is 12.2 Å². The van der Waals surface area contributed by atoms with Crippen LogP contribution in [0.25, 0.3) is 0 Å². The number of aromatic amines is 1. The summed E-state index contributed by atoms with van der Waals surface area (Å²) in [6.45, 7) is 2.49. The zero-order valence-corrected chi connectivity index (χ0v) is 6.44. The maximum absolute atomic E-state index is 5.05. The fourth-order valence-electron chi connectivity index (χ4n) is 0.576. The second-order valence-corrected chi connectivity index (χ2v) is 2.06. The number of ether oxygens (including phenoxy) is 1. The quantitative estimate of drug-likeness (QED) is 0.652. The largest absolute Gasteiger partial charge is 0.482 e. The van der Waals surface area contributed by atoms with Gasteiger partial charge in [-0.25, -0.2) is 4.98 Å². The zero-order chi connectivity index (χ0) is 7.40. The molecule has 0 aliphatic carbocycles. The molecule has 3 nitrogen and oxygen atoms in total. The number of rotatable bonds is 2. The Labute approximate surface area is 64.4 Å². The minimum Gasteiger partial charge on any atom is -0.482 e. The van der Waals surface area contributed by atoms with Gasteiger partial charge in [0, 0.05) is 0 Å². The highest BCUT2D eigenvalue weighted by Gasteiger charge is 2.00. The van der Waals surface area contributed by atoms with E-state index in [0.717, 1.165) is 5.69 Å². The molecule has 0 atom stereocenters. The summed E-state index contributed by atoms with van der Waals surface area (Å²) >= 11 is 4.88. The summed E-state index contributed by atoms with van der Waals surface area (Å²) in [5, 5.41) is 0.472. The van der Waals surface area contributed by atoms with Crippen LogP contribution in [-0.2, 0) is 4.74 Å². The Kier molecular flexibility index (Phi) is 2.39. The van der Waals surface area contributed by atoms with Crippen LogP contribution < -0.4 is 0 Å². The minimum atomic E-state index is 0.472. The monoisotopic (exact) mass is 156 g/mol. The molecule has 54 valence electrons. The Balaban J connectivity index is 2.59. The molecule has 10 heavy (non-hydrogen) atoms. The second-order valence-electron chi connectivity index (χ2n) is 1.69. The molecule has 1 heterocycles. The van der Waals surface area contributed by atoms with E-state index in [1.54, 1.807) is 12.5 Å². The third kappa shape index (κ3) is 1.54. The number of hydrogen-bond acceptors (Lipinski definition) is 3. The van der Waals surface area contributed by atoms with E-state index in [1.807, 2.05) is 6.92 Å². The lowest BCUT2D eigenvalue weighted by Crippen LogP contribution is -2.02. The van der Waals surface area contributed by atoms with Gasteiger partial charge >= 0.3 is 0 Å². The summed E-state index contributed by atoms with van der Waals surface area (Å²) in [5.74, 6) is 0. The molecule has 0 aromatic carbocycles. The topological polar surface area (TPSA) is 37.9 Å². The summed E-state index contributed by atoms with van der Waals surface area (Å²) in [4.78, 5) is 6.65. The molecule has 0 saturated carbocycles. The number of imidazole rings is 1. The summed E-state index contributed by atoms with van der Waals surface area (Å²) in [6.07, 6.45) is 3.21. The Hall–Kier alpha value is -0.900. The van der Waals surface area contributed by atoms with Gasteiger partial charge < -0.3 is 9.72 Å². The number of H-pyrrole nitrogens is 1. The highest BCUT2D eigenvalue weighted by Crippen LogP contribution is 1.95. The van der Waals surface area contributed by atoms with Gasteiger partial charge in [-0.1, -0.05) is 0 Å². The van der Waals surface area contributed by atoms with Gasteiger partial charge in [0.1, 0.15) is 5.69 Å². The first-order valence-corrected chi connectivity index (χ1v) is 3.41. The maximum Gasteiger partial charge on any atom is 0.209 e. The van der Waals surface area contributed by atoms with Crippen molar-refractivity contribution in [1.29, 1.82) is 0 Å². The van der Waals surface area contributed by atoms with E-state index in [9.17, 15) is 0 Å². The van der Waals surface area contributed by atoms with Crippen molar-refractivity contribution >= 4 is 17.3 Å². The Bertz CT molecular complexity index is 208. The molecule has 0 radical (unpaired) electrons. The molecule has 1 rings (SSSR count). The van der Waals surface area contributed by atoms with Crippen LogP contribution in [0.5, 0.6) is 0 Å². The SMILES string of the molecule is CCOC(=S)c1cnc[nH]1. The van der Waals surface area contributed by atoms with Crippen LogP contribution in [0.15, 0.2) is 12.5 Å². The van der Waals surface area contributed by atoms with Gasteiger partial charge in [-0.05, 0) is 19.1 Å². The van der Waals surface area contributed by atoms with Crippen LogP contribution in [0.2, 0.25) is 0 Å². The van der Waals surface area contributed by atoms with Crippen LogP contribution in [0, 0.1) is 0 Å². The summed E-state index contributed by atoms with van der Waals surface area (Å²) in [5.41, 5.74) is 0.761. The van der Waals surface area contributed by atoms with Crippen molar-refractivity contribution in [2.24, 2.45) is 0 Å². The number of nitrogens with zero attached hydrogens (tertiary/aromatic N) is 1. The first-order valence-electron chi connectivity index (χ1n) is 3.00. The van der Waals surface area contributed by atoms with Gasteiger partial charge in [-0.15, -0.1) is 0 Å². The molecule has 4 heteroatoms. The highest BCUT2D eigenvalue weighted by molar-refractivity contribution is 7.80. The van der Waals surface area contributed by atoms with Crippen molar-refractivity contribution in [2.45, 2.75) is 6.92 Å². The molecular weight excluding hydrogens is 148 g/mol. The summed E-state index contributed by atoms with van der Waals surface area (Å²) in [7, 11) is 0. The number of aromatic nitrogens is 2. The van der Waals surface area contributed by atoms with Crippen molar-refractivity contribution < 1.29 is 4.74 Å². The summed E-state index contributed by atoms with van der Waals surface area (Å²) in [6, 6.07) is 0. The van der Waals surface area contributed by atoms with Crippen LogP contribution in [0.4, 0.5) is 0 Å². The normalized spacial score (nSPS) is 9.30. The lowest BCUT2D eigenvalue weighted by Gasteiger charge is -1.99. The molecule has 1 aromatic heterocycles. The number of thiocarbonyl (C=S) groups is 1. The van der Waals surface area contributed by atoms with Crippen LogP contribution in [0.3, 0.4) is 0 Å². The number of nitrogens with one attached hydrogen (secondary N) is 1. The van der Waals surface area contributed by atoms with Crippen molar-refractivity contribution in [2.75, 3.05) is 6.61 Å². The molecule has 0 spiro atoms. The average molecular weight is 156 g/mol. The third-order valence-corrected chi connectivity index (χ3v) is 1.33. The summed E-state index contributed by atoms with van der Waals surface area (Å²) < 4.78 is 5.05. The molecule has 0 aliphatic rings. The van der Waals surface area contributed by atoms with Gasteiger partial charge in [0.05, 0.1) is 19.1 Å². The zero-order valence-electron chi connectivity index (χ0n) is 5.63. The molecule has 0 unspecified atom stereocenters. The Morgan fingerprint density at radius 2 is 2.70 bits per heavy atom. The molecule has 0 aliphatic heterocycles. The second kappa shape index (κ2) is 3.31. The maximum atomic E-state index is 5.05. The minimum absolute atomic E-state index is 0.472. The molecule has 0 amide bonds. The fourth-order valence-corrected chi connectivity index (χ4v) is 0.806. The van der Waals surface area contributed by atoms with E-state index in [0.29, 0.717) is 11.7 Å². The van der Waals surface area contributed by atoms with E-state index < -0.39 is 0 Å². The molecule has 0 fully saturated rings. The van der Waals surface area contributed by atoms with Crippen molar-refractivity contribution in [1.82, 2.24) is 9.97 Å². The van der Waals surface area contributed by atoms with Gasteiger partial charge in [-0.3, -0.25) is 0 Å². The standard InChI is InChI=1S/C6H8N2OS/c1-2-9-6(10)5-3-7-4-8-5/h3-4H,2H2,1H3,(H,7,8). The predicted molar refractivity (Wildman–Crippen MR) is 41.9 cm³/mol. The van der Waals surface area contributed by atoms with E-state index in [1.165, 1.54) is 0 Å². The molecule has 0 saturated heterocycles. The van der Waals surface area contributed by atoms with Gasteiger partial charge in [-0.2, -0.15) is 0 Å². The van der Waals surface area contributed by atoms with E-state index in [-0.39, 0.29) is 0 Å². The molecule has 1 N–H and O–H groups in total. The van der Waals surface area contributed by atoms with E-state index in [4.69, 9.17) is 17.0 Å². The Morgan fingerprint density at radius 3 is 3.20 bits per heavy atom. The number of hydrogen-bond donors (Lipinski definition) is 1. The lowest BCUT2D eigenvalue weighted by atomic mass is 10.5. The molecular formula is C6H8N2OS. The fraction of sp³-hybridized carbons (Fsp3) is 0.333. The highest BCUT2D eigenvalue weighted by atomic mass is 32.1. The van der Waals surface area contributed by atoms with Crippen molar-refractivity contribution in [3.05, 3.63) is 18.2 Å². The first kappa shape index (κ1) is 7.21. The predicted octanol–water partition coefficient (Wildman–Crippen LogP) is 1.12. The van der Waals surface area contributed by atoms with Crippen LogP contribution in [0.1, 0.15) is 12.6 Å². The molecule has 1 aromatic rings. The first-order chi connectivity index (χ1) is 4.84. The van der Waals surface area contributed by atoms with Crippen LogP contribution in [-0.4, -0.2) is 21.6 Å². The van der Waals surface area contributed by atoms with Crippen molar-refractivity contribution in [3.8, 4) is 0 Å². The smallest absolute Gasteiger partial charge is 0.209 e. The average Bonchev–Trinajstić information content (AvgIpc) is 2.38. The molecule has 0 bridgehead atoms. The van der Waals surface area contributed by atoms with Gasteiger partial charge in [0.2, 0.25) is 5.05 Å².